The van der Waals surface area contributed by atoms with Crippen molar-refractivity contribution >= 4 is 15.9 Å². The predicted octanol–water partition coefficient (Wildman–Crippen LogP) is 8.23. The molecular formula is C35H47F3N2O4S. The van der Waals surface area contributed by atoms with Gasteiger partial charge in [0, 0.05) is 52.5 Å². The highest BCUT2D eigenvalue weighted by Crippen LogP contribution is 2.63. The van der Waals surface area contributed by atoms with E-state index in [4.69, 9.17) is 18.6 Å². The van der Waals surface area contributed by atoms with Crippen molar-refractivity contribution < 1.29 is 31.9 Å². The zero-order chi connectivity index (χ0) is 32.2. The maximum Gasteiger partial charge on any atom is 0.433 e. The summed E-state index contributed by atoms with van der Waals surface area (Å²) in [5, 5.41) is 12.2. The van der Waals surface area contributed by atoms with Crippen LogP contribution in [-0.4, -0.2) is 58.8 Å². The molecular weight excluding hydrogens is 601 g/mol. The van der Waals surface area contributed by atoms with Gasteiger partial charge in [0.2, 0.25) is 0 Å². The van der Waals surface area contributed by atoms with Gasteiger partial charge in [-0.25, -0.2) is 0 Å². The maximum atomic E-state index is 13.4. The Hall–Kier alpha value is -1.98. The highest BCUT2D eigenvalue weighted by atomic mass is 32.3. The number of aliphatic hydroxyl groups excluding tert-OH is 1. The second-order valence-electron chi connectivity index (χ2n) is 14.6. The van der Waals surface area contributed by atoms with E-state index in [1.807, 2.05) is 0 Å². The normalized spacial score (nSPS) is 23.7. The van der Waals surface area contributed by atoms with Crippen LogP contribution in [0.2, 0.25) is 0 Å². The Bertz CT molecular complexity index is 1420. The number of rotatable bonds is 6. The minimum atomic E-state index is -4.56. The van der Waals surface area contributed by atoms with Crippen LogP contribution >= 0.6 is 10.3 Å². The molecule has 45 heavy (non-hydrogen) atoms. The summed E-state index contributed by atoms with van der Waals surface area (Å²) in [5.41, 5.74) is 5.16. The quantitative estimate of drug-likeness (QED) is 0.340. The molecule has 0 aromatic carbocycles. The molecule has 0 amide bonds. The summed E-state index contributed by atoms with van der Waals surface area (Å²) in [6.07, 6.45) is 9.23. The number of ether oxygens (including phenoxy) is 2. The molecule has 1 spiro atoms. The molecule has 1 saturated carbocycles. The van der Waals surface area contributed by atoms with Crippen molar-refractivity contribution in [3.05, 3.63) is 63.7 Å². The lowest BCUT2D eigenvalue weighted by Crippen LogP contribution is -2.40. The van der Waals surface area contributed by atoms with E-state index < -0.39 is 28.3 Å². The minimum Gasteiger partial charge on any atom is -0.384 e. The third-order valence-corrected chi connectivity index (χ3v) is 14.3. The number of fused-ring (bicyclic) bond motifs is 1. The molecule has 6 nitrogen and oxygen atoms in total. The minimum absolute atomic E-state index is 0.0563. The molecule has 2 fully saturated rings. The van der Waals surface area contributed by atoms with Gasteiger partial charge < -0.3 is 18.8 Å². The monoisotopic (exact) mass is 648 g/mol. The molecule has 2 aliphatic carbocycles. The lowest BCUT2D eigenvalue weighted by Gasteiger charge is -2.52. The van der Waals surface area contributed by atoms with Crippen LogP contribution in [0.4, 0.5) is 13.2 Å². The van der Waals surface area contributed by atoms with Crippen LogP contribution in [0.25, 0.3) is 5.57 Å². The van der Waals surface area contributed by atoms with Gasteiger partial charge in [0.25, 0.3) is 0 Å². The molecule has 0 bridgehead atoms. The number of nitrogens with zero attached hydrogens (tertiary/aromatic N) is 2. The van der Waals surface area contributed by atoms with Crippen molar-refractivity contribution in [1.82, 2.24) is 9.97 Å². The fourth-order valence-corrected chi connectivity index (χ4v) is 8.26. The van der Waals surface area contributed by atoms with Crippen LogP contribution in [-0.2, 0) is 26.3 Å². The zero-order valence-electron chi connectivity index (χ0n) is 27.1. The van der Waals surface area contributed by atoms with Gasteiger partial charge >= 0.3 is 6.18 Å². The van der Waals surface area contributed by atoms with E-state index in [1.165, 1.54) is 12.5 Å². The summed E-state index contributed by atoms with van der Waals surface area (Å²) >= 11 is 0. The van der Waals surface area contributed by atoms with E-state index >= 15 is 0 Å². The number of alkyl halides is 3. The van der Waals surface area contributed by atoms with Gasteiger partial charge in [0.1, 0.15) is 11.8 Å². The molecule has 10 heteroatoms. The third-order valence-electron chi connectivity index (χ3n) is 10.7. The van der Waals surface area contributed by atoms with Gasteiger partial charge in [-0.15, -0.1) is 10.3 Å². The summed E-state index contributed by atoms with van der Waals surface area (Å²) in [5.74, 6) is 0.0607. The third kappa shape index (κ3) is 6.47. The largest absolute Gasteiger partial charge is 0.433 e. The Morgan fingerprint density at radius 2 is 1.80 bits per heavy atom. The molecule has 2 aromatic heterocycles. The van der Waals surface area contributed by atoms with Gasteiger partial charge in [-0.3, -0.25) is 9.97 Å². The standard InChI is InChI=1S/C35H47F3N2O4S/c1-33(2,3)45(4,5)44-26-20-34(13-6-14-34)19-25-29(26)28(22-9-15-42-16-10-22)30(31(40-25)23-11-17-43-18-12-23)32(41)24-7-8-27(39-21-24)35(36,37)38/h7-9,21,23,26,32,41H,6,10-20H2,1-5H3. The first-order chi connectivity index (χ1) is 21.2. The lowest BCUT2D eigenvalue weighted by atomic mass is 9.59. The van der Waals surface area contributed by atoms with Crippen molar-refractivity contribution in [2.75, 3.05) is 38.9 Å². The second-order valence-corrected chi connectivity index (χ2v) is 18.5. The first kappa shape index (κ1) is 32.9. The Kier molecular flexibility index (Phi) is 8.96. The van der Waals surface area contributed by atoms with E-state index in [9.17, 15) is 18.3 Å². The molecule has 6 rings (SSSR count). The van der Waals surface area contributed by atoms with Gasteiger partial charge in [-0.2, -0.15) is 13.2 Å². The van der Waals surface area contributed by atoms with Crippen LogP contribution in [0.5, 0.6) is 0 Å². The van der Waals surface area contributed by atoms with Gasteiger partial charge in [-0.1, -0.05) is 39.3 Å². The molecule has 1 N–H and O–H groups in total. The number of halogens is 3. The molecule has 1 saturated heterocycles. The molecule has 2 aliphatic heterocycles. The highest BCUT2D eigenvalue weighted by Gasteiger charge is 2.48. The van der Waals surface area contributed by atoms with Crippen LogP contribution in [0, 0.1) is 5.41 Å². The number of hydrogen-bond acceptors (Lipinski definition) is 6. The van der Waals surface area contributed by atoms with Gasteiger partial charge in [-0.05, 0) is 80.1 Å². The van der Waals surface area contributed by atoms with Gasteiger partial charge in [0.05, 0.1) is 25.0 Å². The summed E-state index contributed by atoms with van der Waals surface area (Å²) in [6, 6.07) is 2.30. The Morgan fingerprint density at radius 1 is 1.07 bits per heavy atom. The summed E-state index contributed by atoms with van der Waals surface area (Å²) in [4.78, 5) is 9.19. The number of hydrogen-bond donors (Lipinski definition) is 1. The van der Waals surface area contributed by atoms with E-state index in [1.54, 1.807) is 0 Å². The second kappa shape index (κ2) is 12.2. The topological polar surface area (TPSA) is 73.7 Å². The summed E-state index contributed by atoms with van der Waals surface area (Å²) in [7, 11) is -1.52. The van der Waals surface area contributed by atoms with Crippen molar-refractivity contribution in [2.24, 2.45) is 5.41 Å². The first-order valence-corrected chi connectivity index (χ1v) is 18.6. The average Bonchev–Trinajstić information content (AvgIpc) is 2.98. The highest BCUT2D eigenvalue weighted by molar-refractivity contribution is 8.29. The summed E-state index contributed by atoms with van der Waals surface area (Å²) < 4.78 is 58.9. The number of pyridine rings is 2. The molecule has 4 aliphatic rings. The van der Waals surface area contributed by atoms with Gasteiger partial charge in [0.15, 0.2) is 0 Å². The Morgan fingerprint density at radius 3 is 2.36 bits per heavy atom. The van der Waals surface area contributed by atoms with Crippen molar-refractivity contribution in [2.45, 2.75) is 101 Å². The number of aromatic nitrogens is 2. The zero-order valence-corrected chi connectivity index (χ0v) is 28.0. The molecule has 2 unspecified atom stereocenters. The fourth-order valence-electron chi connectivity index (χ4n) is 7.22. The summed E-state index contributed by atoms with van der Waals surface area (Å²) in [6.45, 7) is 8.91. The molecule has 2 atom stereocenters. The Balaban J connectivity index is 1.59. The van der Waals surface area contributed by atoms with E-state index in [0.29, 0.717) is 44.0 Å². The van der Waals surface area contributed by atoms with E-state index in [2.05, 4.69) is 44.3 Å². The predicted molar refractivity (Wildman–Crippen MR) is 171 cm³/mol. The molecule has 2 aromatic rings. The van der Waals surface area contributed by atoms with Crippen LogP contribution < -0.4 is 0 Å². The maximum absolute atomic E-state index is 13.4. The fraction of sp³-hybridized carbons (Fsp3) is 0.657. The van der Waals surface area contributed by atoms with Crippen LogP contribution in [0.3, 0.4) is 0 Å². The lowest BCUT2D eigenvalue weighted by molar-refractivity contribution is -0.141. The van der Waals surface area contributed by atoms with E-state index in [-0.39, 0.29) is 22.2 Å². The van der Waals surface area contributed by atoms with Crippen molar-refractivity contribution in [3.63, 3.8) is 0 Å². The molecule has 248 valence electrons. The molecule has 0 radical (unpaired) electrons. The first-order valence-electron chi connectivity index (χ1n) is 16.2. The SMILES string of the molecule is CC(C)(C)S(C)(C)OC1CC2(CCC2)Cc2nc(C3CCOCC3)c(C(O)c3ccc(C(F)(F)F)nc3)c(C3=CCOCC3)c21. The average molecular weight is 649 g/mol. The smallest absolute Gasteiger partial charge is 0.384 e. The van der Waals surface area contributed by atoms with E-state index in [0.717, 1.165) is 78.9 Å². The van der Waals surface area contributed by atoms with Crippen molar-refractivity contribution in [3.8, 4) is 0 Å². The number of aliphatic hydroxyl groups is 1. The van der Waals surface area contributed by atoms with Crippen LogP contribution in [0.1, 0.15) is 123 Å². The van der Waals surface area contributed by atoms with Crippen LogP contribution in [0.15, 0.2) is 24.4 Å². The van der Waals surface area contributed by atoms with Crippen molar-refractivity contribution in [1.29, 1.82) is 0 Å². The Labute approximate surface area is 266 Å². The molecule has 4 heterocycles.